The lowest BCUT2D eigenvalue weighted by Gasteiger charge is -2.28. The Morgan fingerprint density at radius 2 is 1.76 bits per heavy atom. The summed E-state index contributed by atoms with van der Waals surface area (Å²) in [5, 5.41) is 9.94. The van der Waals surface area contributed by atoms with E-state index in [4.69, 9.17) is 4.74 Å². The Balaban J connectivity index is 1.33. The second kappa shape index (κ2) is 6.81. The number of H-pyrrole nitrogens is 1. The van der Waals surface area contributed by atoms with Gasteiger partial charge in [0.25, 0.3) is 5.56 Å². The van der Waals surface area contributed by atoms with E-state index in [1.807, 2.05) is 24.3 Å². The van der Waals surface area contributed by atoms with E-state index in [-0.39, 0.29) is 30.4 Å². The molecule has 0 atom stereocenters. The number of nitrogens with one attached hydrogen (secondary N) is 1. The number of carbonyl (C=O) groups excluding carboxylic acids is 1. The third-order valence-corrected chi connectivity index (χ3v) is 5.79. The maximum Gasteiger partial charge on any atom is 0.410 e. The maximum atomic E-state index is 12.7. The molecule has 0 unspecified atom stereocenters. The minimum atomic E-state index is -0.415. The van der Waals surface area contributed by atoms with Crippen molar-refractivity contribution in [1.29, 1.82) is 0 Å². The van der Waals surface area contributed by atoms with E-state index in [0.29, 0.717) is 24.2 Å². The van der Waals surface area contributed by atoms with Crippen LogP contribution >= 0.6 is 0 Å². The summed E-state index contributed by atoms with van der Waals surface area (Å²) in [7, 11) is 0. The lowest BCUT2D eigenvalue weighted by Crippen LogP contribution is -2.38. The normalized spacial score (nSPS) is 14.8. The lowest BCUT2D eigenvalue weighted by atomic mass is 9.98. The van der Waals surface area contributed by atoms with Crippen LogP contribution in [0.5, 0.6) is 5.75 Å². The van der Waals surface area contributed by atoms with Gasteiger partial charge in [0.1, 0.15) is 12.4 Å². The number of amides is 1. The van der Waals surface area contributed by atoms with Crippen LogP contribution in [0.15, 0.2) is 59.4 Å². The topological polar surface area (TPSA) is 82.6 Å². The number of fused-ring (bicyclic) bond motifs is 4. The van der Waals surface area contributed by atoms with E-state index in [1.165, 1.54) is 28.3 Å². The summed E-state index contributed by atoms with van der Waals surface area (Å²) in [5.41, 5.74) is 5.57. The molecule has 146 valence electrons. The van der Waals surface area contributed by atoms with Gasteiger partial charge < -0.3 is 19.7 Å². The zero-order valence-electron chi connectivity index (χ0n) is 15.7. The van der Waals surface area contributed by atoms with Crippen LogP contribution in [0.2, 0.25) is 0 Å². The van der Waals surface area contributed by atoms with Gasteiger partial charge in [-0.2, -0.15) is 0 Å². The van der Waals surface area contributed by atoms with Crippen LogP contribution < -0.4 is 5.56 Å². The Hall–Kier alpha value is -3.54. The number of rotatable bonds is 2. The monoisotopic (exact) mass is 388 g/mol. The van der Waals surface area contributed by atoms with Gasteiger partial charge in [-0.15, -0.1) is 0 Å². The van der Waals surface area contributed by atoms with Crippen LogP contribution in [0.4, 0.5) is 4.79 Å². The van der Waals surface area contributed by atoms with E-state index in [1.54, 1.807) is 4.90 Å². The number of hydrogen-bond acceptors (Lipinski definition) is 4. The lowest BCUT2D eigenvalue weighted by molar-refractivity contribution is 0.0945. The zero-order valence-corrected chi connectivity index (χ0v) is 15.7. The third kappa shape index (κ3) is 2.97. The van der Waals surface area contributed by atoms with Crippen molar-refractivity contribution in [2.24, 2.45) is 0 Å². The third-order valence-electron chi connectivity index (χ3n) is 5.79. The van der Waals surface area contributed by atoms with Gasteiger partial charge >= 0.3 is 6.09 Å². The first-order valence-electron chi connectivity index (χ1n) is 9.66. The first kappa shape index (κ1) is 17.6. The first-order chi connectivity index (χ1) is 14.1. The van der Waals surface area contributed by atoms with Crippen LogP contribution in [0, 0.1) is 0 Å². The summed E-state index contributed by atoms with van der Waals surface area (Å²) >= 11 is 0. The largest absolute Gasteiger partial charge is 0.507 e. The summed E-state index contributed by atoms with van der Waals surface area (Å²) in [4.78, 5) is 28.6. The summed E-state index contributed by atoms with van der Waals surface area (Å²) in [6.45, 7) is 0.908. The molecule has 5 rings (SSSR count). The fraction of sp³-hybridized carbons (Fsp3) is 0.217. The standard InChI is InChI=1S/C23H20N2O4/c26-21-11-22(27)24-20-12-25(10-9-18(20)21)23(28)29-13-19-16-7-3-1-5-14(16)15-6-2-4-8-17(15)19/h1-8,11,19H,9-10,12-13H2,(H2,24,26,27). The zero-order chi connectivity index (χ0) is 20.0. The predicted molar refractivity (Wildman–Crippen MR) is 108 cm³/mol. The fourth-order valence-corrected chi connectivity index (χ4v) is 4.40. The van der Waals surface area contributed by atoms with Gasteiger partial charge in [0, 0.05) is 29.8 Å². The molecule has 1 aliphatic carbocycles. The second-order valence-corrected chi connectivity index (χ2v) is 7.45. The summed E-state index contributed by atoms with van der Waals surface area (Å²) in [5.74, 6) is -0.0109. The molecular weight excluding hydrogens is 368 g/mol. The number of aromatic amines is 1. The molecule has 6 heteroatoms. The predicted octanol–water partition coefficient (Wildman–Crippen LogP) is 3.39. The van der Waals surface area contributed by atoms with Crippen LogP contribution in [0.25, 0.3) is 11.1 Å². The Morgan fingerprint density at radius 3 is 2.45 bits per heavy atom. The fourth-order valence-electron chi connectivity index (χ4n) is 4.40. The molecule has 29 heavy (non-hydrogen) atoms. The molecule has 6 nitrogen and oxygen atoms in total. The number of pyridine rings is 1. The molecule has 2 aromatic carbocycles. The molecule has 0 bridgehead atoms. The molecule has 1 aromatic heterocycles. The van der Waals surface area contributed by atoms with Gasteiger partial charge in [0.05, 0.1) is 6.54 Å². The SMILES string of the molecule is O=C(OCC1c2ccccc2-c2ccccc21)N1CCc2c(O)cc(=O)[nH]c2C1. The van der Waals surface area contributed by atoms with Crippen molar-refractivity contribution in [2.75, 3.05) is 13.2 Å². The highest BCUT2D eigenvalue weighted by Crippen LogP contribution is 2.44. The molecule has 1 aliphatic heterocycles. The van der Waals surface area contributed by atoms with Crippen LogP contribution in [0.3, 0.4) is 0 Å². The van der Waals surface area contributed by atoms with Crippen LogP contribution in [0.1, 0.15) is 28.3 Å². The average molecular weight is 388 g/mol. The van der Waals surface area contributed by atoms with Crippen molar-refractivity contribution in [3.05, 3.63) is 87.3 Å². The highest BCUT2D eigenvalue weighted by atomic mass is 16.6. The highest BCUT2D eigenvalue weighted by molar-refractivity contribution is 5.79. The molecule has 0 spiro atoms. The van der Waals surface area contributed by atoms with Crippen LogP contribution in [-0.2, 0) is 17.7 Å². The maximum absolute atomic E-state index is 12.7. The first-order valence-corrected chi connectivity index (χ1v) is 9.66. The molecule has 0 radical (unpaired) electrons. The number of benzene rings is 2. The van der Waals surface area contributed by atoms with E-state index >= 15 is 0 Å². The molecular formula is C23H20N2O4. The van der Waals surface area contributed by atoms with Gasteiger partial charge in [0.15, 0.2) is 0 Å². The van der Waals surface area contributed by atoms with Crippen molar-refractivity contribution in [3.63, 3.8) is 0 Å². The number of ether oxygens (including phenoxy) is 1. The van der Waals surface area contributed by atoms with Crippen LogP contribution in [-0.4, -0.2) is 34.2 Å². The minimum absolute atomic E-state index is 0.00674. The van der Waals surface area contributed by atoms with Gasteiger partial charge in [-0.1, -0.05) is 48.5 Å². The molecule has 0 saturated carbocycles. The molecule has 1 amide bonds. The van der Waals surface area contributed by atoms with Crippen molar-refractivity contribution in [3.8, 4) is 16.9 Å². The Kier molecular flexibility index (Phi) is 4.12. The summed E-state index contributed by atoms with van der Waals surface area (Å²) in [6, 6.07) is 17.6. The van der Waals surface area contributed by atoms with Crippen molar-refractivity contribution < 1.29 is 14.6 Å². The molecule has 2 heterocycles. The molecule has 0 saturated heterocycles. The second-order valence-electron chi connectivity index (χ2n) is 7.45. The number of carbonyl (C=O) groups is 1. The Bertz CT molecular complexity index is 1120. The minimum Gasteiger partial charge on any atom is -0.507 e. The van der Waals surface area contributed by atoms with Gasteiger partial charge in [0.2, 0.25) is 0 Å². The highest BCUT2D eigenvalue weighted by Gasteiger charge is 2.30. The smallest absolute Gasteiger partial charge is 0.410 e. The quantitative estimate of drug-likeness (QED) is 0.705. The van der Waals surface area contributed by atoms with Crippen molar-refractivity contribution >= 4 is 6.09 Å². The molecule has 2 aliphatic rings. The van der Waals surface area contributed by atoms with E-state index < -0.39 is 6.09 Å². The summed E-state index contributed by atoms with van der Waals surface area (Å²) < 4.78 is 5.69. The number of aromatic hydroxyl groups is 1. The molecule has 3 aromatic rings. The molecule has 2 N–H and O–H groups in total. The number of nitrogens with zero attached hydrogens (tertiary/aromatic N) is 1. The molecule has 0 fully saturated rings. The van der Waals surface area contributed by atoms with Gasteiger partial charge in [-0.05, 0) is 28.7 Å². The van der Waals surface area contributed by atoms with Crippen molar-refractivity contribution in [2.45, 2.75) is 18.9 Å². The van der Waals surface area contributed by atoms with E-state index in [0.717, 1.165) is 0 Å². The van der Waals surface area contributed by atoms with E-state index in [2.05, 4.69) is 29.2 Å². The van der Waals surface area contributed by atoms with Gasteiger partial charge in [-0.25, -0.2) is 4.79 Å². The summed E-state index contributed by atoms with van der Waals surface area (Å²) in [6.07, 6.45) is 0.0593. The van der Waals surface area contributed by atoms with E-state index in [9.17, 15) is 14.7 Å². The van der Waals surface area contributed by atoms with Gasteiger partial charge in [-0.3, -0.25) is 4.79 Å². The average Bonchev–Trinajstić information content (AvgIpc) is 3.05. The Labute approximate surface area is 167 Å². The Morgan fingerprint density at radius 1 is 1.10 bits per heavy atom. The number of hydrogen-bond donors (Lipinski definition) is 2. The number of aromatic nitrogens is 1. The van der Waals surface area contributed by atoms with Crippen molar-refractivity contribution in [1.82, 2.24) is 9.88 Å².